The van der Waals surface area contributed by atoms with Crippen LogP contribution >= 0.6 is 0 Å². The summed E-state index contributed by atoms with van der Waals surface area (Å²) in [6.07, 6.45) is -1.78. The van der Waals surface area contributed by atoms with Gasteiger partial charge in [0.25, 0.3) is 0 Å². The van der Waals surface area contributed by atoms with Crippen LogP contribution in [0.2, 0.25) is 24.7 Å². The lowest BCUT2D eigenvalue weighted by Crippen LogP contribution is -2.55. The number of halogens is 3. The van der Waals surface area contributed by atoms with Crippen LogP contribution < -0.4 is 10.6 Å². The molecule has 4 rings (SSSR count). The third-order valence-corrected chi connectivity index (χ3v) is 11.4. The summed E-state index contributed by atoms with van der Waals surface area (Å²) in [6.45, 7) is 10.8. The van der Waals surface area contributed by atoms with Gasteiger partial charge in [-0.25, -0.2) is 4.79 Å². The number of aliphatic imine (C=N–C) groups is 1. The minimum absolute atomic E-state index is 0.00484. The van der Waals surface area contributed by atoms with Gasteiger partial charge in [-0.2, -0.15) is 13.2 Å². The molecule has 0 radical (unpaired) electrons. The number of alkyl halides is 3. The molecule has 0 unspecified atom stereocenters. The predicted octanol–water partition coefficient (Wildman–Crippen LogP) is 5.42. The molecule has 1 aromatic carbocycles. The Morgan fingerprint density at radius 1 is 1.09 bits per heavy atom. The van der Waals surface area contributed by atoms with E-state index >= 15 is 0 Å². The minimum Gasteiger partial charge on any atom is -0.311 e. The molecule has 3 amide bonds. The Bertz CT molecular complexity index is 1100. The highest BCUT2D eigenvalue weighted by molar-refractivity contribution is 6.82. The Labute approximate surface area is 198 Å². The molecule has 1 aliphatic carbocycles. The lowest BCUT2D eigenvalue weighted by atomic mass is 9.83. The number of amidine groups is 1. The molecule has 184 valence electrons. The van der Waals surface area contributed by atoms with Gasteiger partial charge in [0.2, 0.25) is 5.91 Å². The molecule has 1 fully saturated rings. The molecule has 1 aromatic rings. The molecular formula is C24H31F3N4O2Si. The van der Waals surface area contributed by atoms with Gasteiger partial charge in [-0.1, -0.05) is 38.2 Å². The molecule has 2 aliphatic heterocycles. The van der Waals surface area contributed by atoms with E-state index in [1.807, 2.05) is 13.8 Å². The second-order valence-electron chi connectivity index (χ2n) is 10.9. The highest BCUT2D eigenvalue weighted by atomic mass is 28.3. The summed E-state index contributed by atoms with van der Waals surface area (Å²) in [5.41, 5.74) is -0.254. The number of carbonyl (C=O) groups is 2. The molecule has 10 heteroatoms. The van der Waals surface area contributed by atoms with Gasteiger partial charge in [0.1, 0.15) is 5.84 Å². The van der Waals surface area contributed by atoms with E-state index < -0.39 is 31.4 Å². The summed E-state index contributed by atoms with van der Waals surface area (Å²) in [5.74, 6) is 0.494. The van der Waals surface area contributed by atoms with Crippen molar-refractivity contribution in [2.24, 2.45) is 4.99 Å². The van der Waals surface area contributed by atoms with E-state index in [9.17, 15) is 22.8 Å². The summed E-state index contributed by atoms with van der Waals surface area (Å²) < 4.78 is 40.1. The topological polar surface area (TPSA) is 73.8 Å². The van der Waals surface area contributed by atoms with Crippen molar-refractivity contribution >= 4 is 31.5 Å². The average Bonchev–Trinajstić information content (AvgIpc) is 3.17. The summed E-state index contributed by atoms with van der Waals surface area (Å²) >= 11 is 0. The van der Waals surface area contributed by atoms with E-state index in [4.69, 9.17) is 0 Å². The Hall–Kier alpha value is -2.62. The van der Waals surface area contributed by atoms with Gasteiger partial charge in [-0.05, 0) is 44.4 Å². The van der Waals surface area contributed by atoms with Crippen LogP contribution in [0.15, 0.2) is 40.4 Å². The monoisotopic (exact) mass is 492 g/mol. The molecule has 6 nitrogen and oxygen atoms in total. The number of para-hydroxylation sites is 1. The number of amides is 3. The van der Waals surface area contributed by atoms with Crippen molar-refractivity contribution in [1.82, 2.24) is 10.2 Å². The van der Waals surface area contributed by atoms with E-state index in [-0.39, 0.29) is 23.2 Å². The summed E-state index contributed by atoms with van der Waals surface area (Å²) in [6, 6.07) is 4.30. The second-order valence-corrected chi connectivity index (χ2v) is 16.3. The first-order chi connectivity index (χ1) is 15.7. The average molecular weight is 493 g/mol. The first-order valence-electron chi connectivity index (χ1n) is 11.5. The quantitative estimate of drug-likeness (QED) is 0.553. The lowest BCUT2D eigenvalue weighted by Gasteiger charge is -2.49. The zero-order valence-electron chi connectivity index (χ0n) is 20.2. The fraction of sp³-hybridized carbons (Fsp3) is 0.542. The fourth-order valence-electron chi connectivity index (χ4n) is 5.28. The normalized spacial score (nSPS) is 21.1. The van der Waals surface area contributed by atoms with Crippen molar-refractivity contribution in [2.75, 3.05) is 18.4 Å². The zero-order chi connectivity index (χ0) is 25.1. The van der Waals surface area contributed by atoms with Gasteiger partial charge in [-0.3, -0.25) is 9.79 Å². The molecule has 1 saturated carbocycles. The number of anilines is 1. The van der Waals surface area contributed by atoms with Gasteiger partial charge < -0.3 is 15.5 Å². The number of hydrogen-bond donors (Lipinski definition) is 2. The van der Waals surface area contributed by atoms with Crippen LogP contribution in [0.4, 0.5) is 23.7 Å². The van der Waals surface area contributed by atoms with Crippen LogP contribution in [-0.4, -0.2) is 49.4 Å². The molecule has 0 bridgehead atoms. The largest absolute Gasteiger partial charge is 0.418 e. The molecule has 0 saturated heterocycles. The molecule has 3 aliphatic rings. The van der Waals surface area contributed by atoms with Gasteiger partial charge in [-0.15, -0.1) is 0 Å². The van der Waals surface area contributed by atoms with Crippen LogP contribution in [0.3, 0.4) is 0 Å². The molecule has 34 heavy (non-hydrogen) atoms. The number of nitrogens with zero attached hydrogens (tertiary/aromatic N) is 2. The van der Waals surface area contributed by atoms with Crippen molar-refractivity contribution in [3.8, 4) is 0 Å². The number of hydrogen-bond acceptors (Lipinski definition) is 3. The SMILES string of the molecule is CC1(C)C2=C(CN1C(=O)Nc1ccccc1C(F)(F)F)C(NC(=O)C1([Si](C)(C)C)CCC1)=NC2. The second kappa shape index (κ2) is 7.96. The molecular weight excluding hydrogens is 461 g/mol. The maximum absolute atomic E-state index is 13.4. The maximum atomic E-state index is 13.4. The lowest BCUT2D eigenvalue weighted by molar-refractivity contribution is -0.137. The minimum atomic E-state index is -4.58. The van der Waals surface area contributed by atoms with Gasteiger partial charge >= 0.3 is 12.2 Å². The first kappa shape index (κ1) is 24.5. The highest BCUT2D eigenvalue weighted by Crippen LogP contribution is 2.55. The van der Waals surface area contributed by atoms with Crippen molar-refractivity contribution < 1.29 is 22.8 Å². The fourth-order valence-corrected chi connectivity index (χ4v) is 7.88. The summed E-state index contributed by atoms with van der Waals surface area (Å²) in [4.78, 5) is 32.5. The van der Waals surface area contributed by atoms with E-state index in [1.54, 1.807) is 0 Å². The number of carbonyl (C=O) groups excluding carboxylic acids is 2. The highest BCUT2D eigenvalue weighted by Gasteiger charge is 2.54. The number of benzene rings is 1. The molecule has 2 N–H and O–H groups in total. The third-order valence-electron chi connectivity index (χ3n) is 7.80. The summed E-state index contributed by atoms with van der Waals surface area (Å²) in [7, 11) is -1.77. The first-order valence-corrected chi connectivity index (χ1v) is 15.0. The Morgan fingerprint density at radius 2 is 1.74 bits per heavy atom. The van der Waals surface area contributed by atoms with Gasteiger partial charge in [0, 0.05) is 10.6 Å². The molecule has 0 aromatic heterocycles. The zero-order valence-corrected chi connectivity index (χ0v) is 21.2. The maximum Gasteiger partial charge on any atom is 0.418 e. The Morgan fingerprint density at radius 3 is 2.29 bits per heavy atom. The van der Waals surface area contributed by atoms with Gasteiger partial charge in [0.15, 0.2) is 0 Å². The molecule has 0 atom stereocenters. The number of nitrogens with one attached hydrogen (secondary N) is 2. The van der Waals surface area contributed by atoms with Crippen molar-refractivity contribution in [1.29, 1.82) is 0 Å². The smallest absolute Gasteiger partial charge is 0.311 e. The van der Waals surface area contributed by atoms with Crippen molar-refractivity contribution in [3.63, 3.8) is 0 Å². The van der Waals surface area contributed by atoms with Crippen LogP contribution in [0, 0.1) is 0 Å². The van der Waals surface area contributed by atoms with E-state index in [2.05, 4.69) is 35.3 Å². The van der Waals surface area contributed by atoms with Crippen LogP contribution in [-0.2, 0) is 11.0 Å². The van der Waals surface area contributed by atoms with Crippen LogP contribution in [0.5, 0.6) is 0 Å². The van der Waals surface area contributed by atoms with Crippen molar-refractivity contribution in [2.45, 2.75) is 69.5 Å². The standard InChI is InChI=1S/C24H31F3N4O2Si/c1-22(2)17-13-28-19(30-20(32)23(11-8-12-23)34(3,4)5)15(17)14-31(22)21(33)29-18-10-7-6-9-16(18)24(25,26)27/h6-7,9-10H,8,11-14H2,1-5H3,(H,29,33)(H,28,30,32). The molecule has 0 spiro atoms. The van der Waals surface area contributed by atoms with Gasteiger partial charge in [0.05, 0.1) is 38.0 Å². The van der Waals surface area contributed by atoms with Crippen molar-refractivity contribution in [3.05, 3.63) is 41.0 Å². The Kier molecular flexibility index (Phi) is 5.74. The number of rotatable bonds is 3. The van der Waals surface area contributed by atoms with Crippen LogP contribution in [0.1, 0.15) is 38.7 Å². The third kappa shape index (κ3) is 3.85. The predicted molar refractivity (Wildman–Crippen MR) is 129 cm³/mol. The number of urea groups is 1. The van der Waals surface area contributed by atoms with E-state index in [0.29, 0.717) is 12.4 Å². The van der Waals surface area contributed by atoms with E-state index in [0.717, 1.165) is 36.5 Å². The molecule has 2 heterocycles. The van der Waals surface area contributed by atoms with Crippen LogP contribution in [0.25, 0.3) is 0 Å². The Balaban J connectivity index is 1.52. The summed E-state index contributed by atoms with van der Waals surface area (Å²) in [5, 5.41) is 5.18. The van der Waals surface area contributed by atoms with E-state index in [1.165, 1.54) is 23.1 Å².